The Kier molecular flexibility index (Phi) is 8.00. The molecule has 0 bridgehead atoms. The Morgan fingerprint density at radius 1 is 1.31 bits per heavy atom. The molecule has 3 rings (SSSR count). The molecule has 2 N–H and O–H groups in total. The molecular weight excluding hydrogens is 384 g/mol. The van der Waals surface area contributed by atoms with Gasteiger partial charge in [0.15, 0.2) is 11.9 Å². The van der Waals surface area contributed by atoms with Crippen molar-refractivity contribution in [2.45, 2.75) is 57.9 Å². The molecule has 1 aromatic rings. The normalized spacial score (nSPS) is 18.7. The molecule has 1 amide bonds. The number of amides is 1. The minimum absolute atomic E-state index is 0.0812. The fraction of sp³-hybridized carbons (Fsp3) is 0.591. The van der Waals surface area contributed by atoms with E-state index in [1.54, 1.807) is 18.3 Å². The summed E-state index contributed by atoms with van der Waals surface area (Å²) in [5.41, 5.74) is 2.10. The Labute approximate surface area is 177 Å². The highest BCUT2D eigenvalue weighted by Crippen LogP contribution is 2.19. The Morgan fingerprint density at radius 3 is 2.79 bits per heavy atom. The third-order valence-electron chi connectivity index (χ3n) is 5.69. The van der Waals surface area contributed by atoms with E-state index in [0.717, 1.165) is 68.7 Å². The zero-order valence-electron chi connectivity index (χ0n) is 17.4. The zero-order valence-corrected chi connectivity index (χ0v) is 18.3. The number of nitrogens with one attached hydrogen (secondary N) is 2. The molecule has 1 radical (unpaired) electrons. The maximum absolute atomic E-state index is 12.9. The number of likely N-dealkylation sites (tertiary alicyclic amines) is 1. The van der Waals surface area contributed by atoms with E-state index in [1.807, 2.05) is 11.6 Å². The number of thiophene rings is 1. The molecule has 1 fully saturated rings. The van der Waals surface area contributed by atoms with Crippen LogP contribution in [-0.2, 0) is 9.59 Å². The van der Waals surface area contributed by atoms with Gasteiger partial charge in [-0.3, -0.25) is 4.79 Å². The molecule has 0 unspecified atom stereocenters. The molecule has 0 spiro atoms. The van der Waals surface area contributed by atoms with Gasteiger partial charge in [0.2, 0.25) is 5.91 Å². The first-order chi connectivity index (χ1) is 14.0. The Bertz CT molecular complexity index is 749. The number of piperidine rings is 1. The van der Waals surface area contributed by atoms with Crippen molar-refractivity contribution in [3.8, 4) is 0 Å². The van der Waals surface area contributed by atoms with Gasteiger partial charge in [-0.25, -0.2) is 5.32 Å². The van der Waals surface area contributed by atoms with Gasteiger partial charge in [0.25, 0.3) is 0 Å². The van der Waals surface area contributed by atoms with Crippen molar-refractivity contribution in [3.05, 3.63) is 28.6 Å². The molecule has 0 aromatic carbocycles. The second kappa shape index (κ2) is 10.7. The first-order valence-corrected chi connectivity index (χ1v) is 11.5. The van der Waals surface area contributed by atoms with Gasteiger partial charge in [-0.1, -0.05) is 12.8 Å². The molecule has 1 aromatic heterocycles. The maximum Gasteiger partial charge on any atom is 0.319 e. The number of unbranched alkanes of at least 4 members (excludes halogenated alkanes) is 2. The number of rotatable bonds is 10. The van der Waals surface area contributed by atoms with Crippen molar-refractivity contribution in [2.24, 2.45) is 5.92 Å². The molecule has 29 heavy (non-hydrogen) atoms. The maximum atomic E-state index is 12.9. The van der Waals surface area contributed by atoms with Crippen LogP contribution in [0.5, 0.6) is 0 Å². The van der Waals surface area contributed by atoms with E-state index >= 15 is 0 Å². The Balaban J connectivity index is 1.56. The molecule has 0 aliphatic carbocycles. The molecule has 1 saturated heterocycles. The number of amidine groups is 1. The van der Waals surface area contributed by atoms with Crippen molar-refractivity contribution in [1.29, 1.82) is 0 Å². The number of Topliss-reactive ketones (excluding diaryl/α,β-unsaturated/α-hetero) is 1. The first-order valence-electron chi connectivity index (χ1n) is 10.6. The minimum atomic E-state index is -0.119. The second-order valence-corrected chi connectivity index (χ2v) is 8.91. The van der Waals surface area contributed by atoms with Crippen molar-refractivity contribution in [3.63, 3.8) is 0 Å². The highest BCUT2D eigenvalue weighted by Gasteiger charge is 2.33. The average Bonchev–Trinajstić information content (AvgIpc) is 3.38. The number of ketones is 1. The van der Waals surface area contributed by atoms with Gasteiger partial charge >= 0.3 is 5.84 Å². The number of nitrogens with zero attached hydrogens (tertiary/aromatic N) is 2. The predicted molar refractivity (Wildman–Crippen MR) is 118 cm³/mol. The lowest BCUT2D eigenvalue weighted by molar-refractivity contribution is -0.126. The van der Waals surface area contributed by atoms with Crippen molar-refractivity contribution in [2.75, 3.05) is 20.1 Å². The zero-order chi connectivity index (χ0) is 20.6. The molecule has 0 saturated carbocycles. The smallest absolute Gasteiger partial charge is 0.319 e. The van der Waals surface area contributed by atoms with Gasteiger partial charge < -0.3 is 15.0 Å². The summed E-state index contributed by atoms with van der Waals surface area (Å²) >= 11 is 1.65. The largest absolute Gasteiger partial charge is 0.342 e. The number of hydrogen-bond acceptors (Lipinski definition) is 6. The van der Waals surface area contributed by atoms with Gasteiger partial charge in [0.1, 0.15) is 11.8 Å². The third kappa shape index (κ3) is 6.51. The summed E-state index contributed by atoms with van der Waals surface area (Å²) in [6.07, 6.45) is 7.98. The summed E-state index contributed by atoms with van der Waals surface area (Å²) in [4.78, 5) is 30.9. The third-order valence-corrected chi connectivity index (χ3v) is 6.37. The molecule has 6 nitrogen and oxygen atoms in total. The number of aliphatic imine (C=N–C) groups is 1. The van der Waals surface area contributed by atoms with Crippen molar-refractivity contribution < 1.29 is 9.59 Å². The summed E-state index contributed by atoms with van der Waals surface area (Å²) in [7, 11) is 2.10. The monoisotopic (exact) mass is 416 g/mol. The molecular formula is C22H32N4O2S+. The van der Waals surface area contributed by atoms with Crippen LogP contribution in [0.25, 0.3) is 5.70 Å². The van der Waals surface area contributed by atoms with Crippen LogP contribution in [0.1, 0.15) is 57.4 Å². The lowest BCUT2D eigenvalue weighted by Gasteiger charge is -2.29. The van der Waals surface area contributed by atoms with E-state index < -0.39 is 0 Å². The number of carbonyl (C=O) groups excluding carboxylic acids is 2. The summed E-state index contributed by atoms with van der Waals surface area (Å²) in [6.45, 7) is 3.58. The van der Waals surface area contributed by atoms with Crippen LogP contribution in [-0.4, -0.2) is 48.6 Å². The van der Waals surface area contributed by atoms with Crippen molar-refractivity contribution >= 4 is 34.6 Å². The summed E-state index contributed by atoms with van der Waals surface area (Å²) in [5, 5.41) is 10.8. The molecule has 2 aliphatic rings. The van der Waals surface area contributed by atoms with Crippen LogP contribution in [0.4, 0.5) is 0 Å². The van der Waals surface area contributed by atoms with Gasteiger partial charge in [-0.05, 0) is 69.2 Å². The van der Waals surface area contributed by atoms with E-state index in [0.29, 0.717) is 6.42 Å². The second-order valence-electron chi connectivity index (χ2n) is 8.13. The fourth-order valence-electron chi connectivity index (χ4n) is 3.81. The van der Waals surface area contributed by atoms with Crippen LogP contribution in [0, 0.1) is 5.92 Å². The molecule has 3 heterocycles. The summed E-state index contributed by atoms with van der Waals surface area (Å²) in [5.74, 6) is 1.28. The molecule has 7 heteroatoms. The minimum Gasteiger partial charge on any atom is -0.342 e. The highest BCUT2D eigenvalue weighted by atomic mass is 32.1. The van der Waals surface area contributed by atoms with Gasteiger partial charge in [0.05, 0.1) is 0 Å². The van der Waals surface area contributed by atoms with E-state index in [-0.39, 0.29) is 23.7 Å². The van der Waals surface area contributed by atoms with Crippen LogP contribution in [0.3, 0.4) is 0 Å². The Hall–Kier alpha value is -1.99. The van der Waals surface area contributed by atoms with E-state index in [4.69, 9.17) is 0 Å². The molecule has 1 atom stereocenters. The lowest BCUT2D eigenvalue weighted by atomic mass is 9.95. The van der Waals surface area contributed by atoms with E-state index in [9.17, 15) is 9.59 Å². The molecule has 2 aliphatic heterocycles. The van der Waals surface area contributed by atoms with Crippen molar-refractivity contribution in [1.82, 2.24) is 20.5 Å². The first kappa shape index (κ1) is 21.7. The van der Waals surface area contributed by atoms with Crippen LogP contribution in [0.2, 0.25) is 0 Å². The molecule has 157 valence electrons. The van der Waals surface area contributed by atoms with E-state index in [1.165, 1.54) is 0 Å². The quantitative estimate of drug-likeness (QED) is 0.575. The average molecular weight is 417 g/mol. The lowest BCUT2D eigenvalue weighted by Crippen LogP contribution is -2.49. The predicted octanol–water partition coefficient (Wildman–Crippen LogP) is 2.75. The highest BCUT2D eigenvalue weighted by molar-refractivity contribution is 7.08. The van der Waals surface area contributed by atoms with Crippen LogP contribution >= 0.6 is 11.3 Å². The fourth-order valence-corrected chi connectivity index (χ4v) is 4.47. The topological polar surface area (TPSA) is 75.5 Å². The summed E-state index contributed by atoms with van der Waals surface area (Å²) < 4.78 is 0. The Morgan fingerprint density at radius 2 is 2.10 bits per heavy atom. The standard InChI is InChI=1S/C22H32N4O2S/c1-16(27)6-4-3-5-7-19(25-22(28)17-8-11-26(2)12-9-17)21-23-14-20(24-21)18-10-13-29-15-18/h10,13-15,17,19,24H,3-9,11-12H2,1-2H3,(H,25,28)/q+1/t19-/m0/s1. The van der Waals surface area contributed by atoms with Gasteiger partial charge in [-0.15, -0.1) is 0 Å². The summed E-state index contributed by atoms with van der Waals surface area (Å²) in [6, 6.07) is 1.95. The van der Waals surface area contributed by atoms with Crippen LogP contribution < -0.4 is 15.6 Å². The van der Waals surface area contributed by atoms with Gasteiger partial charge in [-0.2, -0.15) is 11.3 Å². The SMILES string of the molecule is CC(=O)CCCCC[C@H](NC(=O)C1CCN(C)CC1)C1=[N+]C=C(c2ccsc2)N1. The number of carbonyl (C=O) groups is 2. The van der Waals surface area contributed by atoms with E-state index in [2.05, 4.69) is 39.0 Å². The number of hydrogen-bond donors (Lipinski definition) is 2. The van der Waals surface area contributed by atoms with Gasteiger partial charge in [0, 0.05) is 23.3 Å². The van der Waals surface area contributed by atoms with Crippen LogP contribution in [0.15, 0.2) is 23.0 Å².